The Morgan fingerprint density at radius 2 is 1.00 bits per heavy atom. The van der Waals surface area contributed by atoms with Crippen molar-refractivity contribution in [1.82, 2.24) is 19.6 Å². The lowest BCUT2D eigenvalue weighted by Gasteiger charge is -2.08. The number of hydrogen-bond acceptors (Lipinski definition) is 2. The second kappa shape index (κ2) is 5.49. The second-order valence-electron chi connectivity index (χ2n) is 6.44. The van der Waals surface area contributed by atoms with E-state index in [-0.39, 0.29) is 11.1 Å². The highest BCUT2D eigenvalue weighted by molar-refractivity contribution is 5.42. The van der Waals surface area contributed by atoms with Gasteiger partial charge in [-0.3, -0.25) is 19.8 Å². The third-order valence-electron chi connectivity index (χ3n) is 4.88. The molecule has 0 fully saturated rings. The van der Waals surface area contributed by atoms with Crippen LogP contribution >= 0.6 is 0 Å². The number of aromatic amines is 2. The molecule has 0 amide bonds. The lowest BCUT2D eigenvalue weighted by molar-refractivity contribution is 0.820. The molecule has 0 atom stereocenters. The highest BCUT2D eigenvalue weighted by atomic mass is 16.1. The Labute approximate surface area is 148 Å². The largest absolute Gasteiger partial charge is 0.294 e. The molecule has 6 heteroatoms. The first kappa shape index (κ1) is 14.8. The van der Waals surface area contributed by atoms with Gasteiger partial charge in [-0.2, -0.15) is 0 Å². The zero-order valence-corrected chi connectivity index (χ0v) is 13.9. The van der Waals surface area contributed by atoms with Crippen LogP contribution in [0, 0.1) is 0 Å². The summed E-state index contributed by atoms with van der Waals surface area (Å²) in [7, 11) is 0. The topological polar surface area (TPSA) is 75.6 Å². The number of rotatable bonds is 2. The minimum atomic E-state index is -0.0647. The van der Waals surface area contributed by atoms with E-state index < -0.39 is 0 Å². The summed E-state index contributed by atoms with van der Waals surface area (Å²) >= 11 is 0. The lowest BCUT2D eigenvalue weighted by atomic mass is 9.96. The standard InChI is InChI=1S/C20H16N4O2/c25-19-15-11-18-16(20(26)24(22-18)14-9-5-2-6-10-14)12-17(15)21-23(19)13-7-3-1-4-8-13/h1-10,21-22H,11-12H2. The van der Waals surface area contributed by atoms with Crippen LogP contribution in [0.1, 0.15) is 22.5 Å². The Morgan fingerprint density at radius 1 is 0.615 bits per heavy atom. The summed E-state index contributed by atoms with van der Waals surface area (Å²) in [6.07, 6.45) is 0.851. The number of hydrogen-bond donors (Lipinski definition) is 2. The number of H-pyrrole nitrogens is 2. The average molecular weight is 344 g/mol. The Hall–Kier alpha value is -3.54. The molecule has 0 unspecified atom stereocenters. The molecule has 5 rings (SSSR count). The van der Waals surface area contributed by atoms with Gasteiger partial charge in [0.05, 0.1) is 11.4 Å². The van der Waals surface area contributed by atoms with Crippen LogP contribution in [-0.2, 0) is 12.8 Å². The number of aromatic nitrogens is 4. The van der Waals surface area contributed by atoms with Gasteiger partial charge in [0.25, 0.3) is 11.1 Å². The van der Waals surface area contributed by atoms with Gasteiger partial charge in [0, 0.05) is 35.4 Å². The summed E-state index contributed by atoms with van der Waals surface area (Å²) in [6, 6.07) is 18.9. The van der Waals surface area contributed by atoms with Crippen LogP contribution in [0.15, 0.2) is 70.3 Å². The fourth-order valence-electron chi connectivity index (χ4n) is 3.56. The highest BCUT2D eigenvalue weighted by Gasteiger charge is 2.27. The van der Waals surface area contributed by atoms with Crippen molar-refractivity contribution in [3.8, 4) is 11.4 Å². The molecular weight excluding hydrogens is 328 g/mol. The summed E-state index contributed by atoms with van der Waals surface area (Å²) in [5.74, 6) is 0. The summed E-state index contributed by atoms with van der Waals surface area (Å²) in [4.78, 5) is 25.6. The van der Waals surface area contributed by atoms with Crippen molar-refractivity contribution in [1.29, 1.82) is 0 Å². The van der Waals surface area contributed by atoms with Crippen molar-refractivity contribution in [2.24, 2.45) is 0 Å². The van der Waals surface area contributed by atoms with E-state index in [0.717, 1.165) is 22.8 Å². The number of fused-ring (bicyclic) bond motifs is 2. The molecule has 0 spiro atoms. The third-order valence-corrected chi connectivity index (χ3v) is 4.88. The van der Waals surface area contributed by atoms with Gasteiger partial charge < -0.3 is 0 Å². The van der Waals surface area contributed by atoms with E-state index >= 15 is 0 Å². The van der Waals surface area contributed by atoms with Crippen molar-refractivity contribution in [2.75, 3.05) is 0 Å². The molecule has 2 aromatic heterocycles. The van der Waals surface area contributed by atoms with Gasteiger partial charge in [-0.25, -0.2) is 9.36 Å². The molecule has 0 saturated heterocycles. The normalized spacial score (nSPS) is 12.6. The smallest absolute Gasteiger partial charge is 0.275 e. The Balaban J connectivity index is 1.60. The van der Waals surface area contributed by atoms with Crippen LogP contribution in [0.25, 0.3) is 11.4 Å². The zero-order valence-electron chi connectivity index (χ0n) is 13.9. The van der Waals surface area contributed by atoms with Crippen molar-refractivity contribution < 1.29 is 0 Å². The van der Waals surface area contributed by atoms with Crippen LogP contribution in [0.4, 0.5) is 0 Å². The molecule has 0 saturated carbocycles. The Morgan fingerprint density at radius 3 is 1.38 bits per heavy atom. The molecule has 1 aliphatic rings. The molecule has 0 bridgehead atoms. The molecule has 0 radical (unpaired) electrons. The minimum absolute atomic E-state index is 0.0647. The summed E-state index contributed by atoms with van der Waals surface area (Å²) in [5.41, 5.74) is 4.49. The first-order valence-corrected chi connectivity index (χ1v) is 8.49. The maximum Gasteiger partial charge on any atom is 0.275 e. The number of benzene rings is 2. The summed E-state index contributed by atoms with van der Waals surface area (Å²) in [5, 5.41) is 6.35. The van der Waals surface area contributed by atoms with E-state index in [0.29, 0.717) is 24.0 Å². The molecule has 1 aliphatic carbocycles. The highest BCUT2D eigenvalue weighted by Crippen LogP contribution is 2.22. The van der Waals surface area contributed by atoms with Gasteiger partial charge >= 0.3 is 0 Å². The van der Waals surface area contributed by atoms with Gasteiger partial charge in [0.1, 0.15) is 0 Å². The Kier molecular flexibility index (Phi) is 3.12. The Bertz CT molecular complexity index is 1110. The minimum Gasteiger partial charge on any atom is -0.294 e. The van der Waals surface area contributed by atoms with Crippen LogP contribution < -0.4 is 11.1 Å². The molecule has 128 valence electrons. The first-order chi connectivity index (χ1) is 12.7. The molecular formula is C20H16N4O2. The maximum absolute atomic E-state index is 12.8. The predicted molar refractivity (Wildman–Crippen MR) is 98.4 cm³/mol. The number of nitrogens with one attached hydrogen (secondary N) is 2. The quantitative estimate of drug-likeness (QED) is 0.515. The molecule has 6 nitrogen and oxygen atoms in total. The van der Waals surface area contributed by atoms with E-state index in [1.165, 1.54) is 0 Å². The molecule has 2 aromatic carbocycles. The van der Waals surface area contributed by atoms with Crippen LogP contribution in [0.2, 0.25) is 0 Å². The predicted octanol–water partition coefficient (Wildman–Crippen LogP) is 2.14. The summed E-state index contributed by atoms with van der Waals surface area (Å²) in [6.45, 7) is 0. The van der Waals surface area contributed by atoms with Crippen LogP contribution in [0.3, 0.4) is 0 Å². The van der Waals surface area contributed by atoms with Crippen LogP contribution in [-0.4, -0.2) is 19.6 Å². The maximum atomic E-state index is 12.8. The van der Waals surface area contributed by atoms with Gasteiger partial charge in [-0.15, -0.1) is 0 Å². The average Bonchev–Trinajstić information content (AvgIpc) is 3.19. The number of nitrogens with zero attached hydrogens (tertiary/aromatic N) is 2. The number of para-hydroxylation sites is 2. The molecule has 2 N–H and O–H groups in total. The van der Waals surface area contributed by atoms with Crippen molar-refractivity contribution >= 4 is 0 Å². The molecule has 4 aromatic rings. The van der Waals surface area contributed by atoms with E-state index in [1.54, 1.807) is 9.36 Å². The first-order valence-electron chi connectivity index (χ1n) is 8.49. The molecule has 26 heavy (non-hydrogen) atoms. The van der Waals surface area contributed by atoms with Crippen LogP contribution in [0.5, 0.6) is 0 Å². The molecule has 0 aliphatic heterocycles. The van der Waals surface area contributed by atoms with E-state index in [1.807, 2.05) is 60.7 Å². The van der Waals surface area contributed by atoms with Crippen molar-refractivity contribution in [2.45, 2.75) is 12.8 Å². The van der Waals surface area contributed by atoms with Gasteiger partial charge in [0.2, 0.25) is 0 Å². The van der Waals surface area contributed by atoms with Gasteiger partial charge in [-0.1, -0.05) is 36.4 Å². The van der Waals surface area contributed by atoms with E-state index in [4.69, 9.17) is 0 Å². The summed E-state index contributed by atoms with van der Waals surface area (Å²) < 4.78 is 3.10. The van der Waals surface area contributed by atoms with Crippen molar-refractivity contribution in [3.63, 3.8) is 0 Å². The third kappa shape index (κ3) is 2.12. The SMILES string of the molecule is O=c1c2c([nH]n1-c1ccccc1)Cc1c([nH]n(-c3ccccc3)c1=O)C2. The van der Waals surface area contributed by atoms with Crippen molar-refractivity contribution in [3.05, 3.63) is 104 Å². The van der Waals surface area contributed by atoms with E-state index in [9.17, 15) is 9.59 Å². The second-order valence-corrected chi connectivity index (χ2v) is 6.44. The zero-order chi connectivity index (χ0) is 17.7. The lowest BCUT2D eigenvalue weighted by Crippen LogP contribution is -2.20. The fraction of sp³-hybridized carbons (Fsp3) is 0.100. The fourth-order valence-corrected chi connectivity index (χ4v) is 3.56. The van der Waals surface area contributed by atoms with Gasteiger partial charge in [-0.05, 0) is 24.3 Å². The monoisotopic (exact) mass is 344 g/mol. The van der Waals surface area contributed by atoms with Gasteiger partial charge in [0.15, 0.2) is 0 Å². The van der Waals surface area contributed by atoms with E-state index in [2.05, 4.69) is 10.2 Å². The molecule has 2 heterocycles.